The van der Waals surface area contributed by atoms with Crippen molar-refractivity contribution in [3.8, 4) is 0 Å². The Kier molecular flexibility index (Phi) is 7.90. The molecule has 1 aliphatic heterocycles. The highest BCUT2D eigenvalue weighted by Crippen LogP contribution is 2.36. The fourth-order valence-electron chi connectivity index (χ4n) is 4.89. The zero-order chi connectivity index (χ0) is 27.4. The fourth-order valence-corrected chi connectivity index (χ4v) is 4.89. The molecule has 1 aliphatic rings. The molecule has 3 aromatic rings. The Morgan fingerprint density at radius 3 is 2.42 bits per heavy atom. The maximum absolute atomic E-state index is 14.3. The number of benzene rings is 3. The summed E-state index contributed by atoms with van der Waals surface area (Å²) in [5, 5.41) is 1.55. The van der Waals surface area contributed by atoms with Crippen molar-refractivity contribution in [1.82, 2.24) is 4.90 Å². The minimum Gasteiger partial charge on any atom is -0.458 e. The second kappa shape index (κ2) is 11.1. The number of nitrogens with zero attached hydrogens (tertiary/aromatic N) is 2. The quantitative estimate of drug-likeness (QED) is 0.306. The second-order valence-electron chi connectivity index (χ2n) is 10.3. The lowest BCUT2D eigenvalue weighted by atomic mass is 9.94. The smallest absolute Gasteiger partial charge is 0.329 e. The molecule has 8 heteroatoms. The summed E-state index contributed by atoms with van der Waals surface area (Å²) < 4.78 is 18.9. The summed E-state index contributed by atoms with van der Waals surface area (Å²) in [6, 6.07) is 17.5. The van der Waals surface area contributed by atoms with E-state index in [1.165, 1.54) is 0 Å². The van der Waals surface area contributed by atoms with Crippen LogP contribution in [-0.4, -0.2) is 53.8 Å². The molecule has 1 heterocycles. The molecule has 1 unspecified atom stereocenters. The highest BCUT2D eigenvalue weighted by molar-refractivity contribution is 6.03. The summed E-state index contributed by atoms with van der Waals surface area (Å²) in [5.74, 6) is -2.19. The highest BCUT2D eigenvalue weighted by Gasteiger charge is 2.42. The van der Waals surface area contributed by atoms with E-state index in [1.54, 1.807) is 37.8 Å². The van der Waals surface area contributed by atoms with E-state index >= 15 is 0 Å². The van der Waals surface area contributed by atoms with Gasteiger partial charge in [-0.25, -0.2) is 9.18 Å². The van der Waals surface area contributed by atoms with Crippen molar-refractivity contribution in [2.24, 2.45) is 0 Å². The molecule has 2 amide bonds. The van der Waals surface area contributed by atoms with Crippen LogP contribution in [0.3, 0.4) is 0 Å². The number of rotatable bonds is 9. The first-order valence-electron chi connectivity index (χ1n) is 12.5. The van der Waals surface area contributed by atoms with Gasteiger partial charge in [0.1, 0.15) is 24.4 Å². The molecular formula is C30H31FN2O5. The van der Waals surface area contributed by atoms with E-state index in [-0.39, 0.29) is 0 Å². The molecule has 7 nitrogen and oxygen atoms in total. The zero-order valence-electron chi connectivity index (χ0n) is 21.7. The number of hydrogen-bond acceptors (Lipinski definition) is 5. The number of halogens is 1. The molecule has 0 spiro atoms. The number of ketones is 1. The maximum atomic E-state index is 14.3. The standard InChI is InChI=1S/C30H31FN2O5/c1-30(2,3)38-29(37)26(17-22(35)18-31)33(19-34)27(24-13-8-11-20-9-4-6-12-23(20)24)28(36)32-16-15-21-10-5-7-14-25(21)32/h4-14,19,26-27H,15-18H2,1-3H3/t26?,27-/m0/s1. The van der Waals surface area contributed by atoms with Gasteiger partial charge in [0.05, 0.1) is 0 Å². The van der Waals surface area contributed by atoms with Crippen LogP contribution in [0.4, 0.5) is 10.1 Å². The molecule has 0 N–H and O–H groups in total. The van der Waals surface area contributed by atoms with Crippen LogP contribution in [0.15, 0.2) is 66.7 Å². The predicted molar refractivity (Wildman–Crippen MR) is 142 cm³/mol. The molecular weight excluding hydrogens is 487 g/mol. The number of ether oxygens (including phenoxy) is 1. The topological polar surface area (TPSA) is 84.0 Å². The van der Waals surface area contributed by atoms with Crippen LogP contribution in [-0.2, 0) is 30.3 Å². The van der Waals surface area contributed by atoms with E-state index in [4.69, 9.17) is 4.74 Å². The summed E-state index contributed by atoms with van der Waals surface area (Å²) in [6.07, 6.45) is 0.406. The minimum atomic E-state index is -1.50. The number of Topliss-reactive ketones (excluding diaryl/α,β-unsaturated/α-hetero) is 1. The third kappa shape index (κ3) is 5.59. The molecule has 0 saturated heterocycles. The average molecular weight is 519 g/mol. The van der Waals surface area contributed by atoms with E-state index in [1.807, 2.05) is 54.6 Å². The van der Waals surface area contributed by atoms with Gasteiger partial charge in [-0.05, 0) is 55.2 Å². The molecule has 0 aliphatic carbocycles. The second-order valence-corrected chi connectivity index (χ2v) is 10.3. The molecule has 198 valence electrons. The largest absolute Gasteiger partial charge is 0.458 e. The third-order valence-corrected chi connectivity index (χ3v) is 6.53. The number of anilines is 1. The van der Waals surface area contributed by atoms with Gasteiger partial charge in [0.2, 0.25) is 6.41 Å². The zero-order valence-corrected chi connectivity index (χ0v) is 21.7. The third-order valence-electron chi connectivity index (χ3n) is 6.53. The van der Waals surface area contributed by atoms with Crippen LogP contribution in [0.2, 0.25) is 0 Å². The van der Waals surface area contributed by atoms with Gasteiger partial charge in [-0.3, -0.25) is 14.4 Å². The van der Waals surface area contributed by atoms with Gasteiger partial charge in [-0.15, -0.1) is 0 Å². The number of esters is 1. The Balaban J connectivity index is 1.88. The van der Waals surface area contributed by atoms with Crippen molar-refractivity contribution in [1.29, 1.82) is 0 Å². The van der Waals surface area contributed by atoms with Gasteiger partial charge in [-0.1, -0.05) is 60.7 Å². The van der Waals surface area contributed by atoms with E-state index in [0.29, 0.717) is 30.3 Å². The Hall–Kier alpha value is -4.07. The molecule has 0 aromatic heterocycles. The highest BCUT2D eigenvalue weighted by atomic mass is 19.1. The van der Waals surface area contributed by atoms with E-state index in [0.717, 1.165) is 21.5 Å². The molecule has 3 aromatic carbocycles. The van der Waals surface area contributed by atoms with Crippen LogP contribution in [0.25, 0.3) is 10.8 Å². The van der Waals surface area contributed by atoms with Gasteiger partial charge >= 0.3 is 5.97 Å². The van der Waals surface area contributed by atoms with Gasteiger partial charge in [0.15, 0.2) is 5.78 Å². The van der Waals surface area contributed by atoms with Crippen molar-refractivity contribution in [3.05, 3.63) is 77.9 Å². The van der Waals surface area contributed by atoms with E-state index < -0.39 is 48.4 Å². The molecule has 38 heavy (non-hydrogen) atoms. The molecule has 0 saturated carbocycles. The minimum absolute atomic E-state index is 0.381. The number of amides is 2. The number of carbonyl (C=O) groups excluding carboxylic acids is 4. The SMILES string of the molecule is CC(C)(C)OC(=O)C(CC(=O)CF)N(C=O)[C@H](C(=O)N1CCc2ccccc21)c1cccc2ccccc12. The van der Waals surface area contributed by atoms with Crippen LogP contribution in [0, 0.1) is 0 Å². The van der Waals surface area contributed by atoms with Crippen LogP contribution in [0.5, 0.6) is 0 Å². The van der Waals surface area contributed by atoms with Crippen LogP contribution < -0.4 is 4.90 Å². The first kappa shape index (κ1) is 27.0. The molecule has 0 radical (unpaired) electrons. The lowest BCUT2D eigenvalue weighted by Gasteiger charge is -2.36. The number of hydrogen-bond donors (Lipinski definition) is 0. The summed E-state index contributed by atoms with van der Waals surface area (Å²) in [6.45, 7) is 4.04. The molecule has 0 fully saturated rings. The molecule has 0 bridgehead atoms. The molecule has 4 rings (SSSR count). The normalized spacial score (nSPS) is 14.5. The number of carbonyl (C=O) groups is 4. The van der Waals surface area contributed by atoms with E-state index in [9.17, 15) is 23.6 Å². The van der Waals surface area contributed by atoms with E-state index in [2.05, 4.69) is 0 Å². The van der Waals surface area contributed by atoms with Crippen LogP contribution in [0.1, 0.15) is 44.4 Å². The average Bonchev–Trinajstić information content (AvgIpc) is 3.33. The van der Waals surface area contributed by atoms with Gasteiger partial charge in [-0.2, -0.15) is 0 Å². The van der Waals surface area contributed by atoms with Crippen LogP contribution >= 0.6 is 0 Å². The maximum Gasteiger partial charge on any atom is 0.329 e. The van der Waals surface area contributed by atoms with Crippen molar-refractivity contribution in [3.63, 3.8) is 0 Å². The first-order valence-corrected chi connectivity index (χ1v) is 12.5. The summed E-state index contributed by atoms with van der Waals surface area (Å²) in [5.41, 5.74) is 1.27. The molecule has 2 atom stereocenters. The van der Waals surface area contributed by atoms with Crippen molar-refractivity contribution in [2.75, 3.05) is 18.1 Å². The Labute approximate surface area is 221 Å². The predicted octanol–water partition coefficient (Wildman–Crippen LogP) is 4.57. The van der Waals surface area contributed by atoms with Crippen molar-refractivity contribution in [2.45, 2.75) is 51.3 Å². The van der Waals surface area contributed by atoms with Gasteiger partial charge < -0.3 is 14.5 Å². The van der Waals surface area contributed by atoms with Gasteiger partial charge in [0.25, 0.3) is 5.91 Å². The summed E-state index contributed by atoms with van der Waals surface area (Å²) >= 11 is 0. The van der Waals surface area contributed by atoms with Crippen molar-refractivity contribution >= 4 is 40.5 Å². The number of para-hydroxylation sites is 1. The monoisotopic (exact) mass is 518 g/mol. The number of alkyl halides is 1. The summed E-state index contributed by atoms with van der Waals surface area (Å²) in [7, 11) is 0. The van der Waals surface area contributed by atoms with Gasteiger partial charge in [0, 0.05) is 18.7 Å². The lowest BCUT2D eigenvalue weighted by Crippen LogP contribution is -2.51. The Morgan fingerprint density at radius 2 is 1.71 bits per heavy atom. The Bertz CT molecular complexity index is 1360. The summed E-state index contributed by atoms with van der Waals surface area (Å²) in [4.78, 5) is 55.3. The Morgan fingerprint density at radius 1 is 1.03 bits per heavy atom. The number of fused-ring (bicyclic) bond motifs is 2. The fraction of sp³-hybridized carbons (Fsp3) is 0.333. The first-order chi connectivity index (χ1) is 18.1. The lowest BCUT2D eigenvalue weighted by molar-refractivity contribution is -0.166. The van der Waals surface area contributed by atoms with Crippen molar-refractivity contribution < 1.29 is 28.3 Å².